The molecule has 0 saturated carbocycles. The van der Waals surface area contributed by atoms with Gasteiger partial charge in [-0.3, -0.25) is 9.36 Å². The summed E-state index contributed by atoms with van der Waals surface area (Å²) in [6.45, 7) is 2.37. The summed E-state index contributed by atoms with van der Waals surface area (Å²) >= 11 is 2.73. The van der Waals surface area contributed by atoms with Crippen LogP contribution in [0.3, 0.4) is 0 Å². The summed E-state index contributed by atoms with van der Waals surface area (Å²) < 4.78 is 42.6. The Bertz CT molecular complexity index is 933. The van der Waals surface area contributed by atoms with Gasteiger partial charge in [-0.05, 0) is 36.1 Å². The van der Waals surface area contributed by atoms with Crippen LogP contribution >= 0.6 is 23.1 Å². The summed E-state index contributed by atoms with van der Waals surface area (Å²) in [5.41, 5.74) is 1.40. The van der Waals surface area contributed by atoms with E-state index < -0.39 is 6.36 Å². The average Bonchev–Trinajstić information content (AvgIpc) is 3.02. The molecule has 0 atom stereocenters. The van der Waals surface area contributed by atoms with Gasteiger partial charge >= 0.3 is 6.36 Å². The molecule has 0 spiro atoms. The Morgan fingerprint density at radius 2 is 1.96 bits per heavy atom. The molecule has 0 fully saturated rings. The molecular formula is C16H13F3N2O2S2. The highest BCUT2D eigenvalue weighted by atomic mass is 32.2. The first-order valence-electron chi connectivity index (χ1n) is 7.33. The van der Waals surface area contributed by atoms with E-state index in [4.69, 9.17) is 0 Å². The van der Waals surface area contributed by atoms with Crippen LogP contribution in [0.1, 0.15) is 12.5 Å². The van der Waals surface area contributed by atoms with Crippen LogP contribution < -0.4 is 10.3 Å². The minimum Gasteiger partial charge on any atom is -0.406 e. The molecule has 4 nitrogen and oxygen atoms in total. The number of hydrogen-bond donors (Lipinski definition) is 0. The van der Waals surface area contributed by atoms with Crippen LogP contribution in [0.5, 0.6) is 5.75 Å². The number of thioether (sulfide) groups is 1. The third kappa shape index (κ3) is 4.16. The second-order valence-electron chi connectivity index (χ2n) is 5.06. The summed E-state index contributed by atoms with van der Waals surface area (Å²) in [4.78, 5) is 16.9. The molecule has 0 aliphatic rings. The fourth-order valence-corrected chi connectivity index (χ4v) is 4.05. The highest BCUT2D eigenvalue weighted by Gasteiger charge is 2.30. The maximum atomic E-state index is 12.4. The molecule has 0 unspecified atom stereocenters. The van der Waals surface area contributed by atoms with Gasteiger partial charge in [0.15, 0.2) is 5.16 Å². The largest absolute Gasteiger partial charge is 0.573 e. The molecule has 0 bridgehead atoms. The van der Waals surface area contributed by atoms with Crippen molar-refractivity contribution in [3.8, 4) is 5.75 Å². The molecule has 132 valence electrons. The van der Waals surface area contributed by atoms with E-state index in [0.717, 1.165) is 5.56 Å². The Kier molecular flexibility index (Phi) is 5.05. The maximum absolute atomic E-state index is 12.4. The summed E-state index contributed by atoms with van der Waals surface area (Å²) in [6.07, 6.45) is -4.70. The molecule has 3 rings (SSSR count). The number of hydrogen-bond acceptors (Lipinski definition) is 5. The number of ether oxygens (including phenoxy) is 1. The number of rotatable bonds is 5. The van der Waals surface area contributed by atoms with Gasteiger partial charge in [-0.1, -0.05) is 23.9 Å². The smallest absolute Gasteiger partial charge is 0.406 e. The van der Waals surface area contributed by atoms with Gasteiger partial charge in [-0.2, -0.15) is 0 Å². The Hall–Kier alpha value is -2.00. The highest BCUT2D eigenvalue weighted by Crippen LogP contribution is 2.26. The van der Waals surface area contributed by atoms with Gasteiger partial charge < -0.3 is 4.74 Å². The van der Waals surface area contributed by atoms with Crippen LogP contribution in [0.2, 0.25) is 0 Å². The lowest BCUT2D eigenvalue weighted by Gasteiger charge is -2.11. The lowest BCUT2D eigenvalue weighted by Crippen LogP contribution is -2.21. The molecule has 2 heterocycles. The zero-order chi connectivity index (χ0) is 18.0. The van der Waals surface area contributed by atoms with Crippen LogP contribution in [0.25, 0.3) is 10.2 Å². The third-order valence-electron chi connectivity index (χ3n) is 3.37. The van der Waals surface area contributed by atoms with Crippen molar-refractivity contribution < 1.29 is 17.9 Å². The number of aromatic nitrogens is 2. The van der Waals surface area contributed by atoms with Gasteiger partial charge in [0.1, 0.15) is 10.4 Å². The van der Waals surface area contributed by atoms with Crippen LogP contribution in [0, 0.1) is 0 Å². The van der Waals surface area contributed by atoms with E-state index in [1.165, 1.54) is 35.2 Å². The predicted molar refractivity (Wildman–Crippen MR) is 92.2 cm³/mol. The van der Waals surface area contributed by atoms with Crippen LogP contribution in [-0.2, 0) is 12.3 Å². The molecule has 1 aromatic carbocycles. The van der Waals surface area contributed by atoms with Crippen molar-refractivity contribution in [2.75, 3.05) is 0 Å². The minimum absolute atomic E-state index is 0.0704. The number of thiophene rings is 1. The highest BCUT2D eigenvalue weighted by molar-refractivity contribution is 7.98. The van der Waals surface area contributed by atoms with E-state index in [1.54, 1.807) is 22.8 Å². The molecule has 3 aromatic rings. The molecule has 25 heavy (non-hydrogen) atoms. The first kappa shape index (κ1) is 17.8. The Labute approximate surface area is 149 Å². The molecule has 0 saturated heterocycles. The fourth-order valence-electron chi connectivity index (χ4n) is 2.25. The second-order valence-corrected chi connectivity index (χ2v) is 6.92. The minimum atomic E-state index is -4.70. The van der Waals surface area contributed by atoms with E-state index >= 15 is 0 Å². The standard InChI is InChI=1S/C16H13F3N2O2S2/c1-2-21-14(22)13-12(7-8-24-13)20-15(21)25-9-10-3-5-11(6-4-10)23-16(17,18)19/h3-8H,2,9H2,1H3. The Morgan fingerprint density at radius 3 is 2.60 bits per heavy atom. The maximum Gasteiger partial charge on any atom is 0.573 e. The summed E-state index contributed by atoms with van der Waals surface area (Å²) in [5, 5.41) is 2.42. The zero-order valence-corrected chi connectivity index (χ0v) is 14.7. The lowest BCUT2D eigenvalue weighted by atomic mass is 10.2. The van der Waals surface area contributed by atoms with E-state index in [2.05, 4.69) is 9.72 Å². The summed E-state index contributed by atoms with van der Waals surface area (Å²) in [6, 6.07) is 7.46. The van der Waals surface area contributed by atoms with Gasteiger partial charge in [0.2, 0.25) is 0 Å². The normalized spacial score (nSPS) is 11.8. The van der Waals surface area contributed by atoms with Gasteiger partial charge in [-0.15, -0.1) is 24.5 Å². The molecular weight excluding hydrogens is 373 g/mol. The van der Waals surface area contributed by atoms with Gasteiger partial charge in [0, 0.05) is 12.3 Å². The summed E-state index contributed by atoms with van der Waals surface area (Å²) in [7, 11) is 0. The van der Waals surface area contributed by atoms with Gasteiger partial charge in [0.05, 0.1) is 5.52 Å². The zero-order valence-electron chi connectivity index (χ0n) is 13.0. The lowest BCUT2D eigenvalue weighted by molar-refractivity contribution is -0.274. The average molecular weight is 386 g/mol. The second kappa shape index (κ2) is 7.09. The molecule has 0 amide bonds. The molecule has 0 aliphatic carbocycles. The molecule has 9 heteroatoms. The van der Waals surface area contributed by atoms with E-state index in [9.17, 15) is 18.0 Å². The Morgan fingerprint density at radius 1 is 1.24 bits per heavy atom. The quantitative estimate of drug-likeness (QED) is 0.472. The molecule has 0 N–H and O–H groups in total. The third-order valence-corrected chi connectivity index (χ3v) is 5.31. The topological polar surface area (TPSA) is 44.1 Å². The molecule has 0 aliphatic heterocycles. The van der Waals surface area contributed by atoms with Crippen molar-refractivity contribution >= 4 is 33.3 Å². The number of benzene rings is 1. The van der Waals surface area contributed by atoms with Gasteiger partial charge in [-0.25, -0.2) is 4.98 Å². The van der Waals surface area contributed by atoms with E-state index in [-0.39, 0.29) is 11.3 Å². The number of alkyl halides is 3. The monoisotopic (exact) mass is 386 g/mol. The summed E-state index contributed by atoms with van der Waals surface area (Å²) in [5.74, 6) is 0.221. The predicted octanol–water partition coefficient (Wildman–Crippen LogP) is 4.67. The SMILES string of the molecule is CCn1c(SCc2ccc(OC(F)(F)F)cc2)nc2ccsc2c1=O. The number of halogens is 3. The van der Waals surface area contributed by atoms with Crippen molar-refractivity contribution in [2.45, 2.75) is 30.7 Å². The van der Waals surface area contributed by atoms with Crippen molar-refractivity contribution in [1.82, 2.24) is 9.55 Å². The van der Waals surface area contributed by atoms with Crippen molar-refractivity contribution in [2.24, 2.45) is 0 Å². The molecule has 0 radical (unpaired) electrons. The van der Waals surface area contributed by atoms with Crippen molar-refractivity contribution in [3.05, 3.63) is 51.6 Å². The fraction of sp³-hybridized carbons (Fsp3) is 0.250. The van der Waals surface area contributed by atoms with E-state index in [1.807, 2.05) is 12.3 Å². The first-order valence-corrected chi connectivity index (χ1v) is 9.19. The van der Waals surface area contributed by atoms with Crippen molar-refractivity contribution in [3.63, 3.8) is 0 Å². The van der Waals surface area contributed by atoms with Crippen LogP contribution in [0.4, 0.5) is 13.2 Å². The van der Waals surface area contributed by atoms with Crippen LogP contribution in [0.15, 0.2) is 45.7 Å². The molecule has 2 aromatic heterocycles. The van der Waals surface area contributed by atoms with E-state index in [0.29, 0.717) is 27.7 Å². The van der Waals surface area contributed by atoms with Crippen LogP contribution in [-0.4, -0.2) is 15.9 Å². The van der Waals surface area contributed by atoms with Gasteiger partial charge in [0.25, 0.3) is 5.56 Å². The van der Waals surface area contributed by atoms with Crippen molar-refractivity contribution in [1.29, 1.82) is 0 Å². The Balaban J connectivity index is 1.77. The number of fused-ring (bicyclic) bond motifs is 1. The first-order chi connectivity index (χ1) is 11.9. The number of nitrogens with zero attached hydrogens (tertiary/aromatic N) is 2.